The molecule has 4 rings (SSSR count). The van der Waals surface area contributed by atoms with Gasteiger partial charge in [0.2, 0.25) is 0 Å². The molecule has 7 atom stereocenters. The third-order valence-corrected chi connectivity index (χ3v) is 11.0. The van der Waals surface area contributed by atoms with Gasteiger partial charge in [-0.2, -0.15) is 0 Å². The van der Waals surface area contributed by atoms with E-state index in [1.54, 1.807) is 6.07 Å². The summed E-state index contributed by atoms with van der Waals surface area (Å²) in [5.74, 6) is 1.78. The molecule has 1 amide bonds. The van der Waals surface area contributed by atoms with Crippen LogP contribution in [0.4, 0.5) is 5.69 Å². The van der Waals surface area contributed by atoms with Gasteiger partial charge in [0.1, 0.15) is 16.7 Å². The molecule has 1 aliphatic heterocycles. The Labute approximate surface area is 260 Å². The molecule has 7 unspecified atom stereocenters. The van der Waals surface area contributed by atoms with Crippen LogP contribution in [-0.4, -0.2) is 46.3 Å². The van der Waals surface area contributed by atoms with E-state index in [9.17, 15) is 14.1 Å². The summed E-state index contributed by atoms with van der Waals surface area (Å²) in [5, 5.41) is 10.7. The van der Waals surface area contributed by atoms with Crippen LogP contribution in [0.5, 0.6) is 5.75 Å². The highest BCUT2D eigenvalue weighted by Crippen LogP contribution is 2.42. The maximum atomic E-state index is 13.3. The summed E-state index contributed by atoms with van der Waals surface area (Å²) in [6.45, 7) is 12.3. The number of benzene rings is 2. The molecule has 2 aromatic carbocycles. The number of nitrogens with one attached hydrogen (secondary N) is 1. The molecule has 1 heterocycles. The van der Waals surface area contributed by atoms with Gasteiger partial charge in [0.05, 0.1) is 23.6 Å². The second-order valence-corrected chi connectivity index (χ2v) is 14.5. The van der Waals surface area contributed by atoms with Crippen LogP contribution in [0.1, 0.15) is 101 Å². The number of hydrogen-bond acceptors (Lipinski definition) is 5. The van der Waals surface area contributed by atoms with Crippen LogP contribution in [0.15, 0.2) is 36.4 Å². The second kappa shape index (κ2) is 15.1. The number of aryl methyl sites for hydroxylation is 1. The molecule has 0 radical (unpaired) electrons. The normalized spacial score (nSPS) is 23.0. The van der Waals surface area contributed by atoms with Gasteiger partial charge in [-0.25, -0.2) is 4.21 Å². The van der Waals surface area contributed by atoms with Gasteiger partial charge in [0.15, 0.2) is 0 Å². The zero-order valence-corrected chi connectivity index (χ0v) is 27.5. The number of halogens is 1. The summed E-state index contributed by atoms with van der Waals surface area (Å²) in [7, 11) is -1.47. The number of aliphatic hydroxyl groups is 1. The van der Waals surface area contributed by atoms with E-state index in [2.05, 4.69) is 42.5 Å². The van der Waals surface area contributed by atoms with Crippen LogP contribution in [0.2, 0.25) is 5.02 Å². The average Bonchev–Trinajstić information content (AvgIpc) is 3.13. The lowest BCUT2D eigenvalue weighted by Crippen LogP contribution is -2.41. The van der Waals surface area contributed by atoms with Crippen LogP contribution < -0.4 is 14.4 Å². The molecule has 8 heteroatoms. The summed E-state index contributed by atoms with van der Waals surface area (Å²) in [5.41, 5.74) is 3.90. The van der Waals surface area contributed by atoms with Crippen molar-refractivity contribution in [3.05, 3.63) is 58.1 Å². The highest BCUT2D eigenvalue weighted by molar-refractivity contribution is 7.84. The van der Waals surface area contributed by atoms with E-state index in [-0.39, 0.29) is 29.1 Å². The lowest BCUT2D eigenvalue weighted by molar-refractivity contribution is 0.0893. The highest BCUT2D eigenvalue weighted by atomic mass is 35.5. The number of ether oxygens (including phenoxy) is 1. The Hall–Kier alpha value is -2.09. The summed E-state index contributed by atoms with van der Waals surface area (Å²) < 4.78 is 22.2. The van der Waals surface area contributed by atoms with Gasteiger partial charge in [-0.15, -0.1) is 0 Å². The minimum atomic E-state index is -1.47. The number of rotatable bonds is 13. The minimum Gasteiger partial charge on any atom is -0.491 e. The number of anilines is 1. The van der Waals surface area contributed by atoms with Crippen molar-refractivity contribution in [3.63, 3.8) is 0 Å². The van der Waals surface area contributed by atoms with Gasteiger partial charge >= 0.3 is 0 Å². The molecule has 1 aliphatic carbocycles. The molecule has 232 valence electrons. The molecule has 2 aliphatic rings. The standard InChI is InChI=1S/C34H49ClN2O4S/c1-6-8-22(3)24(5)42(40)36-34(39)27-12-15-33-32(18-27)37(19-28-11-10-25(28)16-23(4)38)20-29(21-41-33)31-14-13-30(35)17-26(31)9-7-2/h12-15,17-18,22-25,28-29,38H,6-11,16,19-21H2,1-5H3,(H,36,39). The fourth-order valence-electron chi connectivity index (χ4n) is 6.51. The summed E-state index contributed by atoms with van der Waals surface area (Å²) in [6.07, 6.45) is 6.74. The fraction of sp³-hybridized carbons (Fsp3) is 0.618. The van der Waals surface area contributed by atoms with E-state index >= 15 is 0 Å². The molecule has 6 nitrogen and oxygen atoms in total. The van der Waals surface area contributed by atoms with Gasteiger partial charge in [0, 0.05) is 29.6 Å². The van der Waals surface area contributed by atoms with Crippen LogP contribution in [0, 0.1) is 17.8 Å². The maximum Gasteiger partial charge on any atom is 0.263 e. The van der Waals surface area contributed by atoms with E-state index in [1.807, 2.05) is 32.0 Å². The Balaban J connectivity index is 1.62. The lowest BCUT2D eigenvalue weighted by atomic mass is 9.70. The third-order valence-electron chi connectivity index (χ3n) is 9.26. The monoisotopic (exact) mass is 616 g/mol. The molecule has 0 aromatic heterocycles. The van der Waals surface area contributed by atoms with Gasteiger partial charge in [-0.05, 0) is 105 Å². The largest absolute Gasteiger partial charge is 0.491 e. The summed E-state index contributed by atoms with van der Waals surface area (Å²) in [6, 6.07) is 11.8. The molecular weight excluding hydrogens is 568 g/mol. The van der Waals surface area contributed by atoms with Crippen molar-refractivity contribution in [1.29, 1.82) is 0 Å². The Kier molecular flexibility index (Phi) is 11.8. The first-order valence-corrected chi connectivity index (χ1v) is 17.4. The van der Waals surface area contributed by atoms with Gasteiger partial charge in [-0.1, -0.05) is 51.3 Å². The lowest BCUT2D eigenvalue weighted by Gasteiger charge is -2.41. The average molecular weight is 617 g/mol. The number of carbonyl (C=O) groups excluding carboxylic acids is 1. The van der Waals surface area contributed by atoms with Crippen molar-refractivity contribution >= 4 is 34.2 Å². The Bertz CT molecular complexity index is 1240. The van der Waals surface area contributed by atoms with E-state index < -0.39 is 11.0 Å². The van der Waals surface area contributed by atoms with E-state index in [0.29, 0.717) is 24.0 Å². The molecule has 0 bridgehead atoms. The van der Waals surface area contributed by atoms with Crippen molar-refractivity contribution in [2.24, 2.45) is 17.8 Å². The Morgan fingerprint density at radius 2 is 1.88 bits per heavy atom. The summed E-state index contributed by atoms with van der Waals surface area (Å²) in [4.78, 5) is 15.7. The van der Waals surface area contributed by atoms with Crippen molar-refractivity contribution in [2.45, 2.75) is 96.8 Å². The predicted molar refractivity (Wildman–Crippen MR) is 174 cm³/mol. The topological polar surface area (TPSA) is 78.9 Å². The number of carbonyl (C=O) groups is 1. The molecule has 1 saturated carbocycles. The van der Waals surface area contributed by atoms with Crippen molar-refractivity contribution in [2.75, 3.05) is 24.6 Å². The first-order chi connectivity index (χ1) is 20.1. The first kappa shape index (κ1) is 32.8. The van der Waals surface area contributed by atoms with Crippen molar-refractivity contribution < 1.29 is 18.8 Å². The smallest absolute Gasteiger partial charge is 0.263 e. The van der Waals surface area contributed by atoms with Gasteiger partial charge < -0.3 is 14.7 Å². The molecule has 2 aromatic rings. The Morgan fingerprint density at radius 1 is 1.12 bits per heavy atom. The number of fused-ring (bicyclic) bond motifs is 1. The third kappa shape index (κ3) is 8.09. The van der Waals surface area contributed by atoms with Crippen LogP contribution in [0.3, 0.4) is 0 Å². The maximum absolute atomic E-state index is 13.3. The second-order valence-electron chi connectivity index (χ2n) is 12.6. The number of amides is 1. The number of hydrogen-bond donors (Lipinski definition) is 2. The minimum absolute atomic E-state index is 0.128. The van der Waals surface area contributed by atoms with Crippen LogP contribution in [0.25, 0.3) is 0 Å². The van der Waals surface area contributed by atoms with Crippen LogP contribution in [-0.2, 0) is 17.4 Å². The van der Waals surface area contributed by atoms with E-state index in [1.165, 1.54) is 11.1 Å². The van der Waals surface area contributed by atoms with Crippen LogP contribution >= 0.6 is 11.6 Å². The molecule has 1 fully saturated rings. The van der Waals surface area contributed by atoms with Crippen molar-refractivity contribution in [1.82, 2.24) is 4.72 Å². The Morgan fingerprint density at radius 3 is 2.55 bits per heavy atom. The predicted octanol–water partition coefficient (Wildman–Crippen LogP) is 7.29. The molecule has 0 saturated heterocycles. The summed E-state index contributed by atoms with van der Waals surface area (Å²) >= 11 is 6.39. The van der Waals surface area contributed by atoms with Crippen molar-refractivity contribution in [3.8, 4) is 5.75 Å². The molecule has 0 spiro atoms. The van der Waals surface area contributed by atoms with Gasteiger partial charge in [0.25, 0.3) is 5.91 Å². The zero-order valence-electron chi connectivity index (χ0n) is 25.9. The first-order valence-electron chi connectivity index (χ1n) is 15.8. The zero-order chi connectivity index (χ0) is 30.4. The number of nitrogens with zero attached hydrogens (tertiary/aromatic N) is 1. The number of aliphatic hydroxyl groups excluding tert-OH is 1. The fourth-order valence-corrected chi connectivity index (χ4v) is 7.75. The quantitative estimate of drug-likeness (QED) is 0.247. The molecular formula is C34H49ClN2O4S. The SMILES string of the molecule is CCCc1cc(Cl)ccc1C1COc2ccc(C(=O)NS(=O)C(C)C(C)CCC)cc2N(CC2CCC2CC(C)O)C1. The van der Waals surface area contributed by atoms with E-state index in [0.717, 1.165) is 74.5 Å². The van der Waals surface area contributed by atoms with E-state index in [4.69, 9.17) is 16.3 Å². The molecule has 2 N–H and O–H groups in total. The highest BCUT2D eigenvalue weighted by Gasteiger charge is 2.35. The molecule has 42 heavy (non-hydrogen) atoms. The van der Waals surface area contributed by atoms with Gasteiger partial charge in [-0.3, -0.25) is 9.52 Å².